The summed E-state index contributed by atoms with van der Waals surface area (Å²) in [6, 6.07) is 6.26. The Hall–Kier alpha value is -0.770. The minimum Gasteiger partial charge on any atom is -0.489 e. The van der Waals surface area contributed by atoms with Crippen LogP contribution in [0.2, 0.25) is 5.02 Å². The van der Waals surface area contributed by atoms with Crippen molar-refractivity contribution in [3.8, 4) is 5.75 Å². The van der Waals surface area contributed by atoms with Crippen molar-refractivity contribution in [2.45, 2.75) is 57.7 Å². The standard InChI is InChI=1S/C16H24ClNO2/c1-12(2)18-10-13-5-6-15(14(17)9-13)20-11-16(19)7-3-4-8-16/h5-6,9,12,18-19H,3-4,7-8,10-11H2,1-2H3. The van der Waals surface area contributed by atoms with Crippen LogP contribution >= 0.6 is 11.6 Å². The summed E-state index contributed by atoms with van der Waals surface area (Å²) < 4.78 is 5.70. The van der Waals surface area contributed by atoms with Crippen molar-refractivity contribution in [3.63, 3.8) is 0 Å². The van der Waals surface area contributed by atoms with Crippen molar-refractivity contribution in [3.05, 3.63) is 28.8 Å². The van der Waals surface area contributed by atoms with Gasteiger partial charge in [-0.2, -0.15) is 0 Å². The lowest BCUT2D eigenvalue weighted by atomic mass is 10.0. The van der Waals surface area contributed by atoms with E-state index in [4.69, 9.17) is 16.3 Å². The van der Waals surface area contributed by atoms with E-state index in [1.807, 2.05) is 18.2 Å². The van der Waals surface area contributed by atoms with Gasteiger partial charge in [0.1, 0.15) is 12.4 Å². The molecule has 0 unspecified atom stereocenters. The van der Waals surface area contributed by atoms with E-state index in [1.54, 1.807) is 0 Å². The van der Waals surface area contributed by atoms with E-state index in [1.165, 1.54) is 0 Å². The maximum absolute atomic E-state index is 10.3. The molecule has 20 heavy (non-hydrogen) atoms. The summed E-state index contributed by atoms with van der Waals surface area (Å²) in [5, 5.41) is 14.2. The van der Waals surface area contributed by atoms with Crippen LogP contribution in [0, 0.1) is 0 Å². The first kappa shape index (κ1) is 15.6. The molecule has 0 bridgehead atoms. The Kier molecular flexibility index (Phi) is 5.30. The molecule has 0 aliphatic heterocycles. The smallest absolute Gasteiger partial charge is 0.138 e. The average molecular weight is 298 g/mol. The van der Waals surface area contributed by atoms with Gasteiger partial charge in [-0.25, -0.2) is 0 Å². The molecule has 1 aromatic rings. The van der Waals surface area contributed by atoms with Gasteiger partial charge in [0, 0.05) is 12.6 Å². The Morgan fingerprint density at radius 3 is 2.65 bits per heavy atom. The molecule has 0 saturated heterocycles. The predicted molar refractivity (Wildman–Crippen MR) is 82.3 cm³/mol. The zero-order valence-electron chi connectivity index (χ0n) is 12.3. The van der Waals surface area contributed by atoms with Crippen molar-refractivity contribution in [1.82, 2.24) is 5.32 Å². The molecule has 0 spiro atoms. The van der Waals surface area contributed by atoms with Gasteiger partial charge in [-0.15, -0.1) is 0 Å². The average Bonchev–Trinajstić information content (AvgIpc) is 2.82. The monoisotopic (exact) mass is 297 g/mol. The third-order valence-electron chi connectivity index (χ3n) is 3.74. The molecule has 0 aromatic heterocycles. The van der Waals surface area contributed by atoms with Gasteiger partial charge in [-0.05, 0) is 30.5 Å². The molecular weight excluding hydrogens is 274 g/mol. The summed E-state index contributed by atoms with van der Waals surface area (Å²) in [7, 11) is 0. The molecule has 1 aliphatic rings. The third-order valence-corrected chi connectivity index (χ3v) is 4.04. The van der Waals surface area contributed by atoms with E-state index in [0.29, 0.717) is 23.4 Å². The number of benzene rings is 1. The molecule has 0 amide bonds. The zero-order valence-corrected chi connectivity index (χ0v) is 13.0. The highest BCUT2D eigenvalue weighted by Gasteiger charge is 2.32. The van der Waals surface area contributed by atoms with Crippen LogP contribution in [-0.2, 0) is 6.54 Å². The maximum atomic E-state index is 10.3. The highest BCUT2D eigenvalue weighted by molar-refractivity contribution is 6.32. The molecule has 1 saturated carbocycles. The highest BCUT2D eigenvalue weighted by Crippen LogP contribution is 2.32. The molecule has 1 aromatic carbocycles. The lowest BCUT2D eigenvalue weighted by Crippen LogP contribution is -2.32. The van der Waals surface area contributed by atoms with Crippen molar-refractivity contribution in [2.24, 2.45) is 0 Å². The van der Waals surface area contributed by atoms with Crippen molar-refractivity contribution in [2.75, 3.05) is 6.61 Å². The molecule has 1 aliphatic carbocycles. The second kappa shape index (κ2) is 6.79. The lowest BCUT2D eigenvalue weighted by Gasteiger charge is -2.22. The molecule has 4 heteroatoms. The van der Waals surface area contributed by atoms with Crippen LogP contribution in [0.3, 0.4) is 0 Å². The first-order valence-electron chi connectivity index (χ1n) is 7.35. The normalized spacial score (nSPS) is 17.6. The molecular formula is C16H24ClNO2. The Balaban J connectivity index is 1.92. The molecule has 0 atom stereocenters. The molecule has 3 nitrogen and oxygen atoms in total. The van der Waals surface area contributed by atoms with Crippen LogP contribution in [0.1, 0.15) is 45.1 Å². The molecule has 0 radical (unpaired) electrons. The highest BCUT2D eigenvalue weighted by atomic mass is 35.5. The summed E-state index contributed by atoms with van der Waals surface area (Å²) >= 11 is 6.24. The van der Waals surface area contributed by atoms with Gasteiger partial charge >= 0.3 is 0 Å². The minimum absolute atomic E-state index is 0.330. The summed E-state index contributed by atoms with van der Waals surface area (Å²) in [6.07, 6.45) is 3.79. The second-order valence-corrected chi connectivity index (χ2v) is 6.43. The summed E-state index contributed by atoms with van der Waals surface area (Å²) in [4.78, 5) is 0. The number of hydrogen-bond donors (Lipinski definition) is 2. The van der Waals surface area contributed by atoms with Gasteiger partial charge in [-0.1, -0.05) is 44.4 Å². The number of rotatable bonds is 6. The fourth-order valence-corrected chi connectivity index (χ4v) is 2.74. The van der Waals surface area contributed by atoms with Gasteiger partial charge in [0.2, 0.25) is 0 Å². The quantitative estimate of drug-likeness (QED) is 0.844. The Bertz CT molecular complexity index is 442. The maximum Gasteiger partial charge on any atom is 0.138 e. The van der Waals surface area contributed by atoms with Crippen LogP contribution in [0.15, 0.2) is 18.2 Å². The largest absolute Gasteiger partial charge is 0.489 e. The first-order chi connectivity index (χ1) is 9.48. The SMILES string of the molecule is CC(C)NCc1ccc(OCC2(O)CCCC2)c(Cl)c1. The van der Waals surface area contributed by atoms with E-state index < -0.39 is 5.60 Å². The summed E-state index contributed by atoms with van der Waals surface area (Å²) in [5.41, 5.74) is 0.469. The molecule has 1 fully saturated rings. The van der Waals surface area contributed by atoms with Crippen molar-refractivity contribution in [1.29, 1.82) is 0 Å². The van der Waals surface area contributed by atoms with Gasteiger partial charge in [0.05, 0.1) is 10.6 Å². The van der Waals surface area contributed by atoms with E-state index in [-0.39, 0.29) is 0 Å². The Labute approximate surface area is 126 Å². The van der Waals surface area contributed by atoms with Crippen LogP contribution in [-0.4, -0.2) is 23.4 Å². The Morgan fingerprint density at radius 2 is 2.05 bits per heavy atom. The van der Waals surface area contributed by atoms with Crippen LogP contribution in [0.4, 0.5) is 0 Å². The van der Waals surface area contributed by atoms with Crippen molar-refractivity contribution < 1.29 is 9.84 Å². The fourth-order valence-electron chi connectivity index (χ4n) is 2.48. The third kappa shape index (κ3) is 4.37. The minimum atomic E-state index is -0.665. The molecule has 2 N–H and O–H groups in total. The van der Waals surface area contributed by atoms with Gasteiger partial charge < -0.3 is 15.2 Å². The number of halogens is 1. The van der Waals surface area contributed by atoms with E-state index >= 15 is 0 Å². The topological polar surface area (TPSA) is 41.5 Å². The lowest BCUT2D eigenvalue weighted by molar-refractivity contribution is 0.00144. The van der Waals surface area contributed by atoms with Gasteiger partial charge in [0.15, 0.2) is 0 Å². The molecule has 112 valence electrons. The van der Waals surface area contributed by atoms with Crippen LogP contribution in [0.25, 0.3) is 0 Å². The van der Waals surface area contributed by atoms with E-state index in [2.05, 4.69) is 19.2 Å². The number of hydrogen-bond acceptors (Lipinski definition) is 3. The van der Waals surface area contributed by atoms with Gasteiger partial charge in [0.25, 0.3) is 0 Å². The summed E-state index contributed by atoms with van der Waals surface area (Å²) in [6.45, 7) is 5.35. The fraction of sp³-hybridized carbons (Fsp3) is 0.625. The number of ether oxygens (including phenoxy) is 1. The van der Waals surface area contributed by atoms with Crippen LogP contribution < -0.4 is 10.1 Å². The van der Waals surface area contributed by atoms with Gasteiger partial charge in [-0.3, -0.25) is 0 Å². The number of nitrogens with one attached hydrogen (secondary N) is 1. The zero-order chi connectivity index (χ0) is 14.6. The number of aliphatic hydroxyl groups is 1. The second-order valence-electron chi connectivity index (χ2n) is 6.02. The van der Waals surface area contributed by atoms with Crippen LogP contribution in [0.5, 0.6) is 5.75 Å². The molecule has 0 heterocycles. The first-order valence-corrected chi connectivity index (χ1v) is 7.73. The predicted octanol–water partition coefficient (Wildman–Crippen LogP) is 3.52. The molecule has 2 rings (SSSR count). The van der Waals surface area contributed by atoms with Crippen molar-refractivity contribution >= 4 is 11.6 Å². The van der Waals surface area contributed by atoms with E-state index in [9.17, 15) is 5.11 Å². The summed E-state index contributed by atoms with van der Waals surface area (Å²) in [5.74, 6) is 0.653. The Morgan fingerprint density at radius 1 is 1.35 bits per heavy atom. The van der Waals surface area contributed by atoms with E-state index in [0.717, 1.165) is 37.8 Å².